The van der Waals surface area contributed by atoms with Crippen LogP contribution in [0.25, 0.3) is 22.1 Å². The molecular weight excluding hydrogens is 912 g/mol. The van der Waals surface area contributed by atoms with Crippen molar-refractivity contribution in [3.05, 3.63) is 107 Å². The molecule has 5 aromatic heterocycles. The maximum Gasteiger partial charge on any atom is 0.433 e. The predicted molar refractivity (Wildman–Crippen MR) is 279 cm³/mol. The van der Waals surface area contributed by atoms with Gasteiger partial charge in [-0.2, -0.15) is 13.2 Å². The van der Waals surface area contributed by atoms with Crippen LogP contribution in [0.4, 0.5) is 24.7 Å². The third-order valence-electron chi connectivity index (χ3n) is 14.3. The maximum atomic E-state index is 13.0. The number of carbonyl (C=O) groups excluding carboxylic acids is 2. The number of alkyl halides is 3. The van der Waals surface area contributed by atoms with Crippen LogP contribution in [-0.4, -0.2) is 57.2 Å². The largest absolute Gasteiger partial charge is 0.433 e. The standard InChI is InChI=1S/C17H22N2O.C15H21NO2.C12H14F3N3O.C10H19N3O/c1-10(2)13-7-11-8-15-12(9-14(11)18(13)5)17(3,4)16(20)19(15)6;1-9(2)11-5-6-13-12(7-11)8-16(4)15(18)14(13)10(3)17;1-6(2)7-5-8-10(16-9(7)12(13,14)15)18(4)11(19)17(8)3;1-6-8-9(11-7(2)3)13(5)10(14)12(8)4/h7-10H,1-6H3;8-9,11H,5-7H2,1-4H3;5-6H,1-4H3;7,11H,6H2,1-5H3. The minimum atomic E-state index is -4.53. The zero-order valence-corrected chi connectivity index (χ0v) is 45.4. The number of benzene rings is 1. The van der Waals surface area contributed by atoms with Crippen molar-refractivity contribution in [3.8, 4) is 0 Å². The zero-order valence-electron chi connectivity index (χ0n) is 45.4. The number of nitrogens with zero attached hydrogens (tertiary/aromatic N) is 8. The minimum absolute atomic E-state index is 0.0324. The quantitative estimate of drug-likeness (QED) is 0.157. The molecule has 1 unspecified atom stereocenters. The summed E-state index contributed by atoms with van der Waals surface area (Å²) in [7, 11) is 12.2. The summed E-state index contributed by atoms with van der Waals surface area (Å²) in [5.41, 5.74) is 7.08. The second-order valence-electron chi connectivity index (χ2n) is 21.1. The number of Topliss-reactive ketones (excluding diaryl/α,β-unsaturated/α-hetero) is 1. The van der Waals surface area contributed by atoms with Crippen LogP contribution in [0.3, 0.4) is 0 Å². The number of imidazole rings is 2. The fourth-order valence-corrected chi connectivity index (χ4v) is 10.0. The number of likely N-dealkylation sites (N-methyl/N-ethyl adjacent to an activating group) is 1. The van der Waals surface area contributed by atoms with Crippen LogP contribution >= 0.6 is 0 Å². The molecule has 6 aromatic rings. The number of anilines is 2. The van der Waals surface area contributed by atoms with E-state index in [-0.39, 0.29) is 40.1 Å². The number of aryl methyl sites for hydroxylation is 4. The summed E-state index contributed by atoms with van der Waals surface area (Å²) >= 11 is 0. The van der Waals surface area contributed by atoms with Crippen molar-refractivity contribution in [1.82, 2.24) is 32.4 Å². The molecule has 1 aliphatic carbocycles. The van der Waals surface area contributed by atoms with Crippen LogP contribution in [0, 0.1) is 11.8 Å². The Kier molecular flexibility index (Phi) is 16.4. The van der Waals surface area contributed by atoms with E-state index in [4.69, 9.17) is 0 Å². The third kappa shape index (κ3) is 10.7. The van der Waals surface area contributed by atoms with Crippen molar-refractivity contribution in [3.63, 3.8) is 0 Å². The summed E-state index contributed by atoms with van der Waals surface area (Å²) in [6.07, 6.45) is 1.18. The Morgan fingerprint density at radius 2 is 1.41 bits per heavy atom. The molecule has 6 heterocycles. The van der Waals surface area contributed by atoms with E-state index in [1.165, 1.54) is 53.8 Å². The van der Waals surface area contributed by atoms with E-state index < -0.39 is 23.0 Å². The number of nitrogens with one attached hydrogen (secondary N) is 1. The normalized spacial score (nSPS) is 15.2. The first-order chi connectivity index (χ1) is 32.8. The lowest BCUT2D eigenvalue weighted by Crippen LogP contribution is -2.33. The van der Waals surface area contributed by atoms with Gasteiger partial charge >= 0.3 is 17.6 Å². The lowest BCUT2D eigenvalue weighted by Gasteiger charge is -2.28. The Labute approximate surface area is 415 Å². The van der Waals surface area contributed by atoms with Crippen molar-refractivity contribution >= 4 is 45.3 Å². The Bertz CT molecular complexity index is 3170. The van der Waals surface area contributed by atoms with E-state index in [1.807, 2.05) is 34.1 Å². The van der Waals surface area contributed by atoms with E-state index in [0.717, 1.165) is 58.6 Å². The molecule has 1 atom stereocenters. The van der Waals surface area contributed by atoms with Gasteiger partial charge in [-0.25, -0.2) is 14.6 Å². The van der Waals surface area contributed by atoms with Crippen molar-refractivity contribution in [2.24, 2.45) is 54.1 Å². The highest BCUT2D eigenvalue weighted by atomic mass is 19.4. The number of halogens is 3. The summed E-state index contributed by atoms with van der Waals surface area (Å²) < 4.78 is 48.6. The van der Waals surface area contributed by atoms with Gasteiger partial charge in [0.15, 0.2) is 11.4 Å². The third-order valence-corrected chi connectivity index (χ3v) is 14.3. The van der Waals surface area contributed by atoms with E-state index in [0.29, 0.717) is 34.9 Å². The first-order valence-corrected chi connectivity index (χ1v) is 24.6. The molecule has 1 aromatic carbocycles. The van der Waals surface area contributed by atoms with E-state index in [9.17, 15) is 37.1 Å². The van der Waals surface area contributed by atoms with Crippen molar-refractivity contribution in [2.75, 3.05) is 17.3 Å². The molecule has 17 heteroatoms. The van der Waals surface area contributed by atoms with Gasteiger partial charge in [-0.1, -0.05) is 48.5 Å². The molecule has 8 rings (SSSR count). The lowest BCUT2D eigenvalue weighted by molar-refractivity contribution is -0.141. The molecule has 1 N–H and O–H groups in total. The highest BCUT2D eigenvalue weighted by Crippen LogP contribution is 2.44. The predicted octanol–water partition coefficient (Wildman–Crippen LogP) is 9.43. The fourth-order valence-electron chi connectivity index (χ4n) is 10.0. The SMILES string of the molecule is CC(=O)c1c2c(cn(C)c1=O)CC(C(C)C)CC2.CC(C)c1cc2c(nc1C(F)(F)F)n(C)c(=O)n2C.CC(C)c1cc2cc3c(cc2n1C)C(C)(C)C(=O)N3C.CCc1c(NC(C)C)n(C)c(=O)n1C. The molecule has 1 amide bonds. The van der Waals surface area contributed by atoms with Gasteiger partial charge in [-0.3, -0.25) is 32.7 Å². The highest BCUT2D eigenvalue weighted by Gasteiger charge is 2.43. The van der Waals surface area contributed by atoms with Gasteiger partial charge in [-0.05, 0) is 130 Å². The van der Waals surface area contributed by atoms with Gasteiger partial charge in [-0.15, -0.1) is 0 Å². The summed E-state index contributed by atoms with van der Waals surface area (Å²) in [5, 5.41) is 4.51. The number of pyridine rings is 2. The number of rotatable bonds is 7. The van der Waals surface area contributed by atoms with Gasteiger partial charge in [0.05, 0.1) is 22.2 Å². The number of hydrogen-bond acceptors (Lipinski definition) is 7. The molecule has 388 valence electrons. The summed E-state index contributed by atoms with van der Waals surface area (Å²) in [6, 6.07) is 8.33. The first kappa shape index (κ1) is 55.8. The lowest BCUT2D eigenvalue weighted by atomic mass is 9.77. The van der Waals surface area contributed by atoms with Crippen molar-refractivity contribution in [1.29, 1.82) is 0 Å². The van der Waals surface area contributed by atoms with Crippen LogP contribution in [-0.2, 0) is 77.9 Å². The average molecular weight is 988 g/mol. The molecule has 71 heavy (non-hydrogen) atoms. The first-order valence-electron chi connectivity index (χ1n) is 24.6. The molecule has 2 aliphatic rings. The van der Waals surface area contributed by atoms with Crippen LogP contribution in [0.15, 0.2) is 44.8 Å². The topological polar surface area (TPSA) is 143 Å². The second kappa shape index (κ2) is 20.9. The molecular formula is C54H76F3N9O5. The average Bonchev–Trinajstić information content (AvgIpc) is 3.86. The molecule has 14 nitrogen and oxygen atoms in total. The molecule has 0 bridgehead atoms. The smallest absolute Gasteiger partial charge is 0.368 e. The second-order valence-corrected chi connectivity index (χ2v) is 21.1. The summed E-state index contributed by atoms with van der Waals surface area (Å²) in [6.45, 7) is 23.9. The Morgan fingerprint density at radius 1 is 0.803 bits per heavy atom. The van der Waals surface area contributed by atoms with Crippen LogP contribution in [0.5, 0.6) is 0 Å². The Hall–Kier alpha value is -6.13. The molecule has 0 fully saturated rings. The zero-order chi connectivity index (χ0) is 53.7. The number of ketones is 1. The van der Waals surface area contributed by atoms with Crippen molar-refractivity contribution in [2.45, 2.75) is 138 Å². The minimum Gasteiger partial charge on any atom is -0.368 e. The van der Waals surface area contributed by atoms with E-state index in [2.05, 4.69) is 88.6 Å². The van der Waals surface area contributed by atoms with Gasteiger partial charge in [0.1, 0.15) is 11.5 Å². The van der Waals surface area contributed by atoms with Crippen LogP contribution < -0.4 is 27.2 Å². The van der Waals surface area contributed by atoms with Gasteiger partial charge in [0.25, 0.3) is 5.56 Å². The molecule has 1 aliphatic heterocycles. The van der Waals surface area contributed by atoms with E-state index in [1.54, 1.807) is 46.5 Å². The summed E-state index contributed by atoms with van der Waals surface area (Å²) in [4.78, 5) is 64.9. The number of carbonyl (C=O) groups is 2. The van der Waals surface area contributed by atoms with Crippen LogP contribution in [0.2, 0.25) is 0 Å². The maximum absolute atomic E-state index is 13.0. The Morgan fingerprint density at radius 3 is 1.93 bits per heavy atom. The molecule has 0 spiro atoms. The number of fused-ring (bicyclic) bond motifs is 4. The fraction of sp³-hybridized carbons (Fsp3) is 0.556. The number of amides is 1. The van der Waals surface area contributed by atoms with Crippen LogP contribution in [0.1, 0.15) is 151 Å². The van der Waals surface area contributed by atoms with Gasteiger partial charge in [0, 0.05) is 83.9 Å². The number of hydrogen-bond donors (Lipinski definition) is 1. The molecule has 0 radical (unpaired) electrons. The monoisotopic (exact) mass is 988 g/mol. The highest BCUT2D eigenvalue weighted by molar-refractivity contribution is 6.09. The number of aromatic nitrogens is 7. The molecule has 0 saturated carbocycles. The Balaban J connectivity index is 0.000000178. The van der Waals surface area contributed by atoms with Gasteiger partial charge in [0.2, 0.25) is 5.91 Å². The molecule has 0 saturated heterocycles. The summed E-state index contributed by atoms with van der Waals surface area (Å²) in [5.74, 6) is 2.49. The van der Waals surface area contributed by atoms with Crippen molar-refractivity contribution < 1.29 is 22.8 Å². The van der Waals surface area contributed by atoms with Gasteiger partial charge < -0.3 is 19.4 Å². The van der Waals surface area contributed by atoms with E-state index >= 15 is 0 Å².